The van der Waals surface area contributed by atoms with Crippen molar-refractivity contribution >= 4 is 17.6 Å². The van der Waals surface area contributed by atoms with Gasteiger partial charge in [-0.05, 0) is 83.9 Å². The summed E-state index contributed by atoms with van der Waals surface area (Å²) < 4.78 is 11.1. The average molecular weight is 555 g/mol. The Morgan fingerprint density at radius 2 is 1.57 bits per heavy atom. The van der Waals surface area contributed by atoms with E-state index in [4.69, 9.17) is 9.47 Å². The van der Waals surface area contributed by atoms with Gasteiger partial charge in [0.2, 0.25) is 0 Å². The van der Waals surface area contributed by atoms with Crippen LogP contribution in [0, 0.1) is 0 Å². The number of rotatable bonds is 13. The van der Waals surface area contributed by atoms with Gasteiger partial charge in [-0.15, -0.1) is 0 Å². The number of likely N-dealkylation sites (N-methyl/N-ethyl adjacent to an activating group) is 2. The Bertz CT molecular complexity index is 1060. The Morgan fingerprint density at radius 1 is 0.925 bits per heavy atom. The molecule has 2 aromatic carbocycles. The van der Waals surface area contributed by atoms with Crippen molar-refractivity contribution in [1.82, 2.24) is 25.8 Å². The van der Waals surface area contributed by atoms with Gasteiger partial charge in [-0.1, -0.05) is 12.1 Å². The summed E-state index contributed by atoms with van der Waals surface area (Å²) in [4.78, 5) is 28.7. The summed E-state index contributed by atoms with van der Waals surface area (Å²) in [5.41, 5.74) is 2.06. The molecule has 0 aliphatic carbocycles. The second-order valence-corrected chi connectivity index (χ2v) is 11.5. The topological polar surface area (TPSA) is 107 Å². The Balaban J connectivity index is 1.37. The van der Waals surface area contributed by atoms with Gasteiger partial charge in [-0.3, -0.25) is 20.2 Å². The van der Waals surface area contributed by atoms with E-state index in [1.165, 1.54) is 0 Å². The lowest BCUT2D eigenvalue weighted by molar-refractivity contribution is -0.153. The van der Waals surface area contributed by atoms with Crippen molar-refractivity contribution in [2.75, 3.05) is 72.3 Å². The first-order valence-electron chi connectivity index (χ1n) is 13.9. The normalized spacial score (nSPS) is 17.5. The number of amides is 1. The number of esters is 1. The molecule has 4 N–H and O–H groups in total. The molecule has 0 unspecified atom stereocenters. The highest BCUT2D eigenvalue weighted by Gasteiger charge is 2.22. The first kappa shape index (κ1) is 31.3. The molecule has 0 spiro atoms. The first-order chi connectivity index (χ1) is 19.0. The van der Waals surface area contributed by atoms with Crippen LogP contribution in [-0.4, -0.2) is 101 Å². The van der Waals surface area contributed by atoms with Gasteiger partial charge in [0.25, 0.3) is 5.91 Å². The number of hydrogen-bond donors (Lipinski definition) is 4. The van der Waals surface area contributed by atoms with E-state index < -0.39 is 11.6 Å². The maximum atomic E-state index is 12.4. The number of hydrogen-bond acceptors (Lipinski definition) is 9. The van der Waals surface area contributed by atoms with E-state index in [2.05, 4.69) is 52.2 Å². The molecule has 0 bridgehead atoms. The van der Waals surface area contributed by atoms with Crippen molar-refractivity contribution in [1.29, 1.82) is 0 Å². The van der Waals surface area contributed by atoms with Crippen molar-refractivity contribution in [3.63, 3.8) is 0 Å². The molecule has 1 saturated heterocycles. The lowest BCUT2D eigenvalue weighted by atomic mass is 9.96. The molecule has 2 aromatic rings. The van der Waals surface area contributed by atoms with Gasteiger partial charge >= 0.3 is 5.97 Å². The highest BCUT2D eigenvalue weighted by atomic mass is 16.6. The number of carbonyl (C=O) groups is 2. The summed E-state index contributed by atoms with van der Waals surface area (Å²) >= 11 is 0. The van der Waals surface area contributed by atoms with Crippen LogP contribution in [0.15, 0.2) is 48.5 Å². The summed E-state index contributed by atoms with van der Waals surface area (Å²) in [7, 11) is 6.27. The van der Waals surface area contributed by atoms with E-state index in [-0.39, 0.29) is 24.7 Å². The molecule has 10 heteroatoms. The number of carbonyl (C=O) groups excluding carboxylic acids is 2. The van der Waals surface area contributed by atoms with E-state index >= 15 is 0 Å². The van der Waals surface area contributed by atoms with Gasteiger partial charge in [0.15, 0.2) is 0 Å². The Labute approximate surface area is 238 Å². The fraction of sp³-hybridized carbons (Fsp3) is 0.533. The second kappa shape index (κ2) is 15.0. The number of ether oxygens (including phenoxy) is 2. The third-order valence-electron chi connectivity index (χ3n) is 6.43. The molecule has 0 aromatic heterocycles. The van der Waals surface area contributed by atoms with Crippen LogP contribution in [0.25, 0.3) is 0 Å². The minimum Gasteiger partial charge on any atom is -0.492 e. The maximum Gasteiger partial charge on any atom is 0.325 e. The second-order valence-electron chi connectivity index (χ2n) is 11.5. The molecular formula is C30H46N6O4. The molecule has 40 heavy (non-hydrogen) atoms. The first-order valence-corrected chi connectivity index (χ1v) is 13.9. The average Bonchev–Trinajstić information content (AvgIpc) is 2.91. The molecule has 1 aliphatic heterocycles. The number of anilines is 1. The quantitative estimate of drug-likeness (QED) is 0.278. The Morgan fingerprint density at radius 3 is 2.17 bits per heavy atom. The maximum absolute atomic E-state index is 12.4. The fourth-order valence-corrected chi connectivity index (χ4v) is 4.16. The lowest BCUT2D eigenvalue weighted by Crippen LogP contribution is -2.55. The van der Waals surface area contributed by atoms with Gasteiger partial charge < -0.3 is 29.9 Å². The molecule has 10 nitrogen and oxygen atoms in total. The third kappa shape index (κ3) is 11.1. The minimum absolute atomic E-state index is 0.0497. The van der Waals surface area contributed by atoms with Crippen molar-refractivity contribution in [2.45, 2.75) is 38.6 Å². The molecule has 220 valence electrons. The molecule has 0 radical (unpaired) electrons. The zero-order valence-electron chi connectivity index (χ0n) is 24.8. The van der Waals surface area contributed by atoms with Gasteiger partial charge in [0.1, 0.15) is 30.8 Å². The fourth-order valence-electron chi connectivity index (χ4n) is 4.16. The summed E-state index contributed by atoms with van der Waals surface area (Å²) in [6, 6.07) is 15.5. The summed E-state index contributed by atoms with van der Waals surface area (Å²) in [5.74, 6) is 0.367. The van der Waals surface area contributed by atoms with E-state index in [1.54, 1.807) is 32.9 Å². The van der Waals surface area contributed by atoms with E-state index in [0.29, 0.717) is 12.2 Å². The highest BCUT2D eigenvalue weighted by Crippen LogP contribution is 2.20. The predicted octanol–water partition coefficient (Wildman–Crippen LogP) is 2.30. The lowest BCUT2D eigenvalue weighted by Gasteiger charge is -2.32. The van der Waals surface area contributed by atoms with E-state index in [0.717, 1.165) is 49.7 Å². The van der Waals surface area contributed by atoms with Crippen LogP contribution in [0.1, 0.15) is 42.6 Å². The standard InChI is InChI=1S/C30H46N6O4/c1-30(2,3)40-27(37)21-31-28(38)23-9-7-22(8-10-23)24-19-32-29(33-20-24)34-25-11-13-26(14-12-25)39-18-17-36(6)16-15-35(4)5/h7-14,24,29,32-34H,15-21H2,1-6H3,(H,31,38). The zero-order chi connectivity index (χ0) is 29.1. The van der Waals surface area contributed by atoms with Crippen LogP contribution in [0.2, 0.25) is 0 Å². The molecule has 0 saturated carbocycles. The summed E-state index contributed by atoms with van der Waals surface area (Å²) in [5, 5.41) is 13.1. The van der Waals surface area contributed by atoms with Gasteiger partial charge in [-0.2, -0.15) is 0 Å². The predicted molar refractivity (Wildman–Crippen MR) is 159 cm³/mol. The van der Waals surface area contributed by atoms with Crippen molar-refractivity contribution in [3.8, 4) is 5.75 Å². The molecule has 1 amide bonds. The number of nitrogens with zero attached hydrogens (tertiary/aromatic N) is 2. The van der Waals surface area contributed by atoms with E-state index in [1.807, 2.05) is 36.4 Å². The van der Waals surface area contributed by atoms with Crippen molar-refractivity contribution in [3.05, 3.63) is 59.7 Å². The van der Waals surface area contributed by atoms with Crippen LogP contribution in [0.3, 0.4) is 0 Å². The van der Waals surface area contributed by atoms with Gasteiger partial charge in [0.05, 0.1) is 0 Å². The van der Waals surface area contributed by atoms with Crippen LogP contribution in [-0.2, 0) is 9.53 Å². The largest absolute Gasteiger partial charge is 0.492 e. The monoisotopic (exact) mass is 554 g/mol. The summed E-state index contributed by atoms with van der Waals surface area (Å²) in [6.45, 7) is 10.4. The van der Waals surface area contributed by atoms with Crippen LogP contribution >= 0.6 is 0 Å². The third-order valence-corrected chi connectivity index (χ3v) is 6.43. The molecule has 1 aliphatic rings. The van der Waals surface area contributed by atoms with Crippen molar-refractivity contribution in [2.24, 2.45) is 0 Å². The van der Waals surface area contributed by atoms with Crippen LogP contribution in [0.5, 0.6) is 5.75 Å². The minimum atomic E-state index is -0.581. The molecule has 3 rings (SSSR count). The smallest absolute Gasteiger partial charge is 0.325 e. The molecular weight excluding hydrogens is 508 g/mol. The molecule has 1 fully saturated rings. The van der Waals surface area contributed by atoms with Gasteiger partial charge in [0, 0.05) is 49.9 Å². The Hall–Kier alpha value is -3.18. The molecule has 0 atom stereocenters. The van der Waals surface area contributed by atoms with Crippen LogP contribution in [0.4, 0.5) is 5.69 Å². The zero-order valence-corrected chi connectivity index (χ0v) is 24.8. The Kier molecular flexibility index (Phi) is 11.8. The molecule has 1 heterocycles. The number of nitrogens with one attached hydrogen (secondary N) is 4. The summed E-state index contributed by atoms with van der Waals surface area (Å²) in [6.07, 6.45) is -0.0497. The number of benzene rings is 2. The van der Waals surface area contributed by atoms with E-state index in [9.17, 15) is 9.59 Å². The van der Waals surface area contributed by atoms with Crippen molar-refractivity contribution < 1.29 is 19.1 Å². The highest BCUT2D eigenvalue weighted by molar-refractivity contribution is 5.95. The van der Waals surface area contributed by atoms with Crippen LogP contribution < -0.4 is 26.0 Å². The SMILES string of the molecule is CN(C)CCN(C)CCOc1ccc(NC2NCC(c3ccc(C(=O)NCC(=O)OC(C)(C)C)cc3)CN2)cc1. The van der Waals surface area contributed by atoms with Gasteiger partial charge in [-0.25, -0.2) is 0 Å².